The fourth-order valence-electron chi connectivity index (χ4n) is 2.64. The smallest absolute Gasteiger partial charge is 0.0761 e. The maximum absolute atomic E-state index is 3.70. The average Bonchev–Trinajstić information content (AvgIpc) is 2.83. The Morgan fingerprint density at radius 1 is 1.05 bits per heavy atom. The number of rotatable bonds is 4. The molecule has 0 saturated heterocycles. The first-order chi connectivity index (χ1) is 10.2. The largest absolute Gasteiger partial charge is 0.306 e. The zero-order valence-electron chi connectivity index (χ0n) is 11.6. The van der Waals surface area contributed by atoms with E-state index in [-0.39, 0.29) is 6.04 Å². The third-order valence-corrected chi connectivity index (χ3v) is 5.92. The summed E-state index contributed by atoms with van der Waals surface area (Å²) in [6.45, 7) is 3.07. The van der Waals surface area contributed by atoms with Gasteiger partial charge in [-0.3, -0.25) is 0 Å². The molecule has 1 atom stereocenters. The van der Waals surface area contributed by atoms with Crippen molar-refractivity contribution in [1.29, 1.82) is 0 Å². The zero-order valence-corrected chi connectivity index (χ0v) is 15.6. The van der Waals surface area contributed by atoms with Crippen molar-refractivity contribution in [2.75, 3.05) is 6.54 Å². The van der Waals surface area contributed by atoms with Gasteiger partial charge in [-0.05, 0) is 66.4 Å². The van der Waals surface area contributed by atoms with Gasteiger partial charge in [0.25, 0.3) is 0 Å². The zero-order chi connectivity index (χ0) is 14.8. The third-order valence-electron chi connectivity index (χ3n) is 3.54. The molecule has 0 aliphatic heterocycles. The van der Waals surface area contributed by atoms with E-state index in [0.29, 0.717) is 0 Å². The first kappa shape index (κ1) is 15.2. The molecule has 2 aromatic carbocycles. The Kier molecular flexibility index (Phi) is 4.79. The van der Waals surface area contributed by atoms with E-state index in [9.17, 15) is 0 Å². The first-order valence-electron chi connectivity index (χ1n) is 6.86. The van der Waals surface area contributed by atoms with Gasteiger partial charge in [0.05, 0.1) is 13.6 Å². The van der Waals surface area contributed by atoms with Gasteiger partial charge in [0.2, 0.25) is 0 Å². The molecule has 0 amide bonds. The summed E-state index contributed by atoms with van der Waals surface area (Å²) >= 11 is 9.00. The van der Waals surface area contributed by atoms with Gasteiger partial charge in [0.1, 0.15) is 0 Å². The molecule has 0 aliphatic rings. The lowest BCUT2D eigenvalue weighted by molar-refractivity contribution is 0.634. The molecule has 1 N–H and O–H groups in total. The van der Waals surface area contributed by atoms with Gasteiger partial charge in [0, 0.05) is 0 Å². The lowest BCUT2D eigenvalue weighted by Crippen LogP contribution is -2.22. The van der Waals surface area contributed by atoms with Crippen LogP contribution in [-0.4, -0.2) is 6.54 Å². The minimum Gasteiger partial charge on any atom is -0.306 e. The monoisotopic (exact) mass is 423 g/mol. The molecule has 108 valence electrons. The van der Waals surface area contributed by atoms with E-state index < -0.39 is 0 Å². The normalized spacial score (nSPS) is 12.7. The highest BCUT2D eigenvalue weighted by molar-refractivity contribution is 9.12. The number of hydrogen-bond donors (Lipinski definition) is 1. The van der Waals surface area contributed by atoms with Gasteiger partial charge in [0.15, 0.2) is 0 Å². The van der Waals surface area contributed by atoms with Crippen molar-refractivity contribution in [2.24, 2.45) is 0 Å². The Labute approximate surface area is 145 Å². The second-order valence-electron chi connectivity index (χ2n) is 4.84. The second kappa shape index (κ2) is 6.61. The van der Waals surface area contributed by atoms with Crippen LogP contribution in [0.1, 0.15) is 24.1 Å². The lowest BCUT2D eigenvalue weighted by atomic mass is 9.95. The maximum atomic E-state index is 3.70. The van der Waals surface area contributed by atoms with Crippen LogP contribution < -0.4 is 5.32 Å². The highest BCUT2D eigenvalue weighted by atomic mass is 79.9. The van der Waals surface area contributed by atoms with Crippen LogP contribution >= 0.6 is 43.2 Å². The molecule has 1 nitrogen and oxygen atoms in total. The van der Waals surface area contributed by atoms with E-state index in [1.807, 2.05) is 0 Å². The van der Waals surface area contributed by atoms with Crippen LogP contribution in [0.5, 0.6) is 0 Å². The Morgan fingerprint density at radius 2 is 1.81 bits per heavy atom. The maximum Gasteiger partial charge on any atom is 0.0761 e. The molecule has 0 fully saturated rings. The number of thiophene rings is 1. The minimum absolute atomic E-state index is 0.193. The summed E-state index contributed by atoms with van der Waals surface area (Å²) in [5.41, 5.74) is 2.60. The van der Waals surface area contributed by atoms with E-state index in [0.717, 1.165) is 10.3 Å². The molecular weight excluding hydrogens is 410 g/mol. The van der Waals surface area contributed by atoms with Crippen LogP contribution in [0.4, 0.5) is 0 Å². The first-order valence-corrected chi connectivity index (χ1v) is 9.26. The fourth-order valence-corrected chi connectivity index (χ4v) is 5.55. The van der Waals surface area contributed by atoms with E-state index >= 15 is 0 Å². The van der Waals surface area contributed by atoms with Crippen molar-refractivity contribution < 1.29 is 0 Å². The summed E-state index contributed by atoms with van der Waals surface area (Å²) in [5.74, 6) is 0. The van der Waals surface area contributed by atoms with Crippen LogP contribution in [0.3, 0.4) is 0 Å². The summed E-state index contributed by atoms with van der Waals surface area (Å²) in [4.78, 5) is 0. The van der Waals surface area contributed by atoms with Gasteiger partial charge >= 0.3 is 0 Å². The topological polar surface area (TPSA) is 12.0 Å². The molecule has 4 heteroatoms. The SMILES string of the molecule is CCNC(c1cc(Br)sc1Br)c1cccc2ccccc12. The molecular formula is C17H15Br2NS. The van der Waals surface area contributed by atoms with Crippen molar-refractivity contribution in [2.45, 2.75) is 13.0 Å². The number of fused-ring (bicyclic) bond motifs is 1. The predicted octanol–water partition coefficient (Wildman–Crippen LogP) is 6.13. The van der Waals surface area contributed by atoms with Crippen LogP contribution in [0.15, 0.2) is 56.1 Å². The van der Waals surface area contributed by atoms with Crippen molar-refractivity contribution in [3.05, 3.63) is 67.2 Å². The van der Waals surface area contributed by atoms with Crippen LogP contribution in [0, 0.1) is 0 Å². The van der Waals surface area contributed by atoms with Crippen molar-refractivity contribution in [1.82, 2.24) is 5.32 Å². The van der Waals surface area contributed by atoms with E-state index in [1.165, 1.54) is 25.7 Å². The molecule has 21 heavy (non-hydrogen) atoms. The van der Waals surface area contributed by atoms with Crippen LogP contribution in [0.25, 0.3) is 10.8 Å². The van der Waals surface area contributed by atoms with Gasteiger partial charge in [-0.1, -0.05) is 49.4 Å². The van der Waals surface area contributed by atoms with Crippen molar-refractivity contribution >= 4 is 54.0 Å². The molecule has 0 bridgehead atoms. The Morgan fingerprint density at radius 3 is 2.52 bits per heavy atom. The molecule has 0 radical (unpaired) electrons. The molecule has 1 unspecified atom stereocenters. The van der Waals surface area contributed by atoms with Gasteiger partial charge in [-0.25, -0.2) is 0 Å². The summed E-state index contributed by atoms with van der Waals surface area (Å²) in [6.07, 6.45) is 0. The number of hydrogen-bond acceptors (Lipinski definition) is 2. The highest BCUT2D eigenvalue weighted by Crippen LogP contribution is 2.39. The second-order valence-corrected chi connectivity index (χ2v) is 8.59. The predicted molar refractivity (Wildman–Crippen MR) is 99.2 cm³/mol. The van der Waals surface area contributed by atoms with Gasteiger partial charge in [-0.2, -0.15) is 0 Å². The Hall–Kier alpha value is -0.680. The minimum atomic E-state index is 0.193. The number of benzene rings is 2. The molecule has 3 aromatic rings. The summed E-state index contributed by atoms with van der Waals surface area (Å²) in [5, 5.41) is 6.20. The summed E-state index contributed by atoms with van der Waals surface area (Å²) in [6, 6.07) is 17.5. The third kappa shape index (κ3) is 3.09. The standard InChI is InChI=1S/C17H15Br2NS/c1-2-20-16(14-10-15(18)21-17(14)19)13-9-5-7-11-6-3-4-8-12(11)13/h3-10,16,20H,2H2,1H3. The summed E-state index contributed by atoms with van der Waals surface area (Å²) in [7, 11) is 0. The molecule has 0 saturated carbocycles. The Balaban J connectivity index is 2.18. The van der Waals surface area contributed by atoms with Crippen molar-refractivity contribution in [3.63, 3.8) is 0 Å². The number of nitrogens with one attached hydrogen (secondary N) is 1. The van der Waals surface area contributed by atoms with E-state index in [1.54, 1.807) is 11.3 Å². The highest BCUT2D eigenvalue weighted by Gasteiger charge is 2.20. The summed E-state index contributed by atoms with van der Waals surface area (Å²) < 4.78 is 2.32. The molecule has 1 heterocycles. The van der Waals surface area contributed by atoms with E-state index in [2.05, 4.69) is 92.6 Å². The van der Waals surface area contributed by atoms with Gasteiger partial charge < -0.3 is 5.32 Å². The van der Waals surface area contributed by atoms with Crippen molar-refractivity contribution in [3.8, 4) is 0 Å². The molecule has 0 spiro atoms. The average molecular weight is 425 g/mol. The lowest BCUT2D eigenvalue weighted by Gasteiger charge is -2.20. The Bertz CT molecular complexity index is 761. The van der Waals surface area contributed by atoms with Crippen LogP contribution in [-0.2, 0) is 0 Å². The fraction of sp³-hybridized carbons (Fsp3) is 0.176. The van der Waals surface area contributed by atoms with E-state index in [4.69, 9.17) is 0 Å². The van der Waals surface area contributed by atoms with Crippen LogP contribution in [0.2, 0.25) is 0 Å². The number of halogens is 2. The quantitative estimate of drug-likeness (QED) is 0.531. The van der Waals surface area contributed by atoms with Gasteiger partial charge in [-0.15, -0.1) is 11.3 Å². The molecule has 0 aliphatic carbocycles. The molecule has 1 aromatic heterocycles. The molecule has 3 rings (SSSR count).